The Morgan fingerprint density at radius 3 is 2.35 bits per heavy atom. The largest absolute Gasteiger partial charge is 0.494 e. The van der Waals surface area contributed by atoms with Crippen LogP contribution in [0.3, 0.4) is 0 Å². The number of aryl methyl sites for hydroxylation is 1. The number of benzene rings is 3. The summed E-state index contributed by atoms with van der Waals surface area (Å²) in [5.74, 6) is 0.254. The Bertz CT molecular complexity index is 1380. The molecule has 3 aromatic carbocycles. The Kier molecular flexibility index (Phi) is 10.6. The van der Waals surface area contributed by atoms with Crippen molar-refractivity contribution in [1.29, 1.82) is 0 Å². The van der Waals surface area contributed by atoms with Gasteiger partial charge in [-0.25, -0.2) is 4.99 Å². The Balaban J connectivity index is 1.65. The number of aliphatic imine (C=N–C) groups is 1. The van der Waals surface area contributed by atoms with Crippen LogP contribution in [0.4, 0.5) is 0 Å². The van der Waals surface area contributed by atoms with Gasteiger partial charge in [-0.05, 0) is 75.9 Å². The van der Waals surface area contributed by atoms with Crippen molar-refractivity contribution in [2.75, 3.05) is 19.8 Å². The van der Waals surface area contributed by atoms with Gasteiger partial charge in [0.2, 0.25) is 5.90 Å². The zero-order valence-electron chi connectivity index (χ0n) is 25.5. The van der Waals surface area contributed by atoms with E-state index >= 15 is 0 Å². The molecule has 0 unspecified atom stereocenters. The summed E-state index contributed by atoms with van der Waals surface area (Å²) in [5, 5.41) is 12.1. The Morgan fingerprint density at radius 1 is 1.00 bits per heavy atom. The summed E-state index contributed by atoms with van der Waals surface area (Å²) >= 11 is 0. The highest BCUT2D eigenvalue weighted by Crippen LogP contribution is 2.43. The number of rotatable bonds is 13. The van der Waals surface area contributed by atoms with E-state index in [-0.39, 0.29) is 25.4 Å². The monoisotopic (exact) mass is 586 g/mol. The van der Waals surface area contributed by atoms with Gasteiger partial charge in [-0.3, -0.25) is 9.59 Å². The number of nitrogens with one attached hydrogen (secondary N) is 1. The lowest BCUT2D eigenvalue weighted by Gasteiger charge is -2.31. The molecule has 0 aromatic heterocycles. The molecule has 0 aliphatic carbocycles. The van der Waals surface area contributed by atoms with Crippen LogP contribution >= 0.6 is 0 Å². The summed E-state index contributed by atoms with van der Waals surface area (Å²) < 4.78 is 17.7. The summed E-state index contributed by atoms with van der Waals surface area (Å²) in [6.07, 6.45) is 0.522. The first-order valence-electron chi connectivity index (χ1n) is 14.8. The molecule has 1 aliphatic heterocycles. The van der Waals surface area contributed by atoms with Gasteiger partial charge in [0.25, 0.3) is 5.91 Å². The van der Waals surface area contributed by atoms with Crippen molar-refractivity contribution in [3.8, 4) is 5.75 Å². The van der Waals surface area contributed by atoms with Crippen molar-refractivity contribution >= 4 is 17.8 Å². The van der Waals surface area contributed by atoms with E-state index in [1.807, 2.05) is 70.2 Å². The van der Waals surface area contributed by atoms with E-state index < -0.39 is 23.2 Å². The molecule has 2 atom stereocenters. The minimum atomic E-state index is -1.41. The average molecular weight is 587 g/mol. The molecule has 228 valence electrons. The highest BCUT2D eigenvalue weighted by molar-refractivity contribution is 6.01. The van der Waals surface area contributed by atoms with Gasteiger partial charge in [0.15, 0.2) is 11.6 Å². The number of aliphatic hydroxyl groups excluding tert-OH is 1. The number of esters is 1. The molecular formula is C35H42N2O6. The molecular weight excluding hydrogens is 544 g/mol. The van der Waals surface area contributed by atoms with Crippen LogP contribution in [0.1, 0.15) is 68.4 Å². The second-order valence-electron chi connectivity index (χ2n) is 11.8. The summed E-state index contributed by atoms with van der Waals surface area (Å²) in [5.41, 5.74) is 1.69. The molecule has 8 heteroatoms. The maximum absolute atomic E-state index is 14.2. The second kappa shape index (κ2) is 14.3. The van der Waals surface area contributed by atoms with E-state index in [9.17, 15) is 9.59 Å². The predicted molar refractivity (Wildman–Crippen MR) is 166 cm³/mol. The smallest absolute Gasteiger partial charge is 0.306 e. The molecule has 4 rings (SSSR count). The van der Waals surface area contributed by atoms with E-state index in [0.29, 0.717) is 43.2 Å². The first-order valence-corrected chi connectivity index (χ1v) is 14.8. The van der Waals surface area contributed by atoms with Crippen molar-refractivity contribution in [2.24, 2.45) is 4.99 Å². The van der Waals surface area contributed by atoms with Gasteiger partial charge in [0.05, 0.1) is 6.61 Å². The highest BCUT2D eigenvalue weighted by Gasteiger charge is 2.53. The van der Waals surface area contributed by atoms with Gasteiger partial charge in [-0.15, -0.1) is 0 Å². The fourth-order valence-electron chi connectivity index (χ4n) is 4.91. The molecule has 1 aliphatic rings. The molecule has 0 spiro atoms. The normalized spacial score (nSPS) is 18.0. The maximum Gasteiger partial charge on any atom is 0.306 e. The van der Waals surface area contributed by atoms with E-state index in [4.69, 9.17) is 24.3 Å². The number of ether oxygens (including phenoxy) is 3. The van der Waals surface area contributed by atoms with E-state index in [2.05, 4.69) is 29.6 Å². The number of hydrogen-bond donors (Lipinski definition) is 2. The number of amides is 1. The molecule has 8 nitrogen and oxygen atoms in total. The minimum absolute atomic E-state index is 0.0102. The molecule has 1 amide bonds. The van der Waals surface area contributed by atoms with Crippen molar-refractivity contribution in [3.63, 3.8) is 0 Å². The summed E-state index contributed by atoms with van der Waals surface area (Å²) in [6, 6.07) is 25.0. The molecule has 0 saturated heterocycles. The van der Waals surface area contributed by atoms with Crippen molar-refractivity contribution in [2.45, 2.75) is 70.6 Å². The standard InChI is InChI=1S/C35H42N2O6/c1-25-11-13-26(14-12-25)20-22-36-33(40)35(21-19-30(39)43-34(2,3)4)31(27-9-6-5-7-10-27)42-32(37-35)28-15-17-29(18-16-28)41-24-8-23-38/h5-7,9-18,31,38H,8,19-24H2,1-4H3,(H,36,40)/t31-,35-/m1/s1. The zero-order chi connectivity index (χ0) is 30.9. The van der Waals surface area contributed by atoms with Gasteiger partial charge >= 0.3 is 5.97 Å². The van der Waals surface area contributed by atoms with Crippen molar-refractivity contribution in [3.05, 3.63) is 101 Å². The fourth-order valence-corrected chi connectivity index (χ4v) is 4.91. The van der Waals surface area contributed by atoms with Gasteiger partial charge in [-0.1, -0.05) is 60.2 Å². The van der Waals surface area contributed by atoms with Crippen LogP contribution in [0.5, 0.6) is 5.75 Å². The van der Waals surface area contributed by atoms with Crippen LogP contribution in [-0.4, -0.2) is 53.8 Å². The molecule has 0 radical (unpaired) electrons. The van der Waals surface area contributed by atoms with Crippen LogP contribution in [0.15, 0.2) is 83.9 Å². The first-order chi connectivity index (χ1) is 20.6. The number of carbonyl (C=O) groups excluding carboxylic acids is 2. The van der Waals surface area contributed by atoms with Gasteiger partial charge in [0.1, 0.15) is 11.4 Å². The lowest BCUT2D eigenvalue weighted by molar-refractivity contribution is -0.155. The molecule has 1 heterocycles. The average Bonchev–Trinajstić information content (AvgIpc) is 3.38. The zero-order valence-corrected chi connectivity index (χ0v) is 25.5. The number of carbonyl (C=O) groups is 2. The number of hydrogen-bond acceptors (Lipinski definition) is 7. The molecule has 0 saturated carbocycles. The quantitative estimate of drug-likeness (QED) is 0.203. The molecule has 0 bridgehead atoms. The topological polar surface area (TPSA) is 106 Å². The van der Waals surface area contributed by atoms with Gasteiger partial charge in [-0.2, -0.15) is 0 Å². The van der Waals surface area contributed by atoms with E-state index in [1.54, 1.807) is 12.1 Å². The highest BCUT2D eigenvalue weighted by atomic mass is 16.6. The van der Waals surface area contributed by atoms with Crippen molar-refractivity contribution < 1.29 is 28.9 Å². The minimum Gasteiger partial charge on any atom is -0.494 e. The summed E-state index contributed by atoms with van der Waals surface area (Å²) in [4.78, 5) is 32.0. The fraction of sp³-hybridized carbons (Fsp3) is 0.400. The lowest BCUT2D eigenvalue weighted by Crippen LogP contribution is -2.49. The summed E-state index contributed by atoms with van der Waals surface area (Å²) in [6.45, 7) is 8.35. The molecule has 0 fully saturated rings. The maximum atomic E-state index is 14.2. The Labute approximate surface area is 254 Å². The third-order valence-corrected chi connectivity index (χ3v) is 7.08. The predicted octanol–water partition coefficient (Wildman–Crippen LogP) is 5.49. The third kappa shape index (κ3) is 8.67. The third-order valence-electron chi connectivity index (χ3n) is 7.08. The van der Waals surface area contributed by atoms with E-state index in [0.717, 1.165) is 11.1 Å². The molecule has 43 heavy (non-hydrogen) atoms. The van der Waals surface area contributed by atoms with Gasteiger partial charge in [0, 0.05) is 31.6 Å². The van der Waals surface area contributed by atoms with Crippen LogP contribution in [-0.2, 0) is 25.5 Å². The van der Waals surface area contributed by atoms with Crippen LogP contribution in [0.25, 0.3) is 0 Å². The first kappa shape index (κ1) is 31.8. The Hall–Kier alpha value is -4.17. The van der Waals surface area contributed by atoms with Crippen LogP contribution in [0, 0.1) is 6.92 Å². The Morgan fingerprint density at radius 2 is 1.70 bits per heavy atom. The van der Waals surface area contributed by atoms with Crippen LogP contribution in [0.2, 0.25) is 0 Å². The van der Waals surface area contributed by atoms with E-state index in [1.165, 1.54) is 5.56 Å². The lowest BCUT2D eigenvalue weighted by atomic mass is 9.83. The number of nitrogens with zero attached hydrogens (tertiary/aromatic N) is 1. The summed E-state index contributed by atoms with van der Waals surface area (Å²) in [7, 11) is 0. The number of aliphatic hydroxyl groups is 1. The molecule has 2 N–H and O–H groups in total. The molecule has 3 aromatic rings. The SMILES string of the molecule is Cc1ccc(CCNC(=O)[C@]2(CCC(=O)OC(C)(C)C)N=C(c3ccc(OCCCO)cc3)O[C@@H]2c2ccccc2)cc1. The van der Waals surface area contributed by atoms with Crippen molar-refractivity contribution in [1.82, 2.24) is 5.32 Å². The van der Waals surface area contributed by atoms with Crippen LogP contribution < -0.4 is 10.1 Å². The second-order valence-corrected chi connectivity index (χ2v) is 11.8. The van der Waals surface area contributed by atoms with Gasteiger partial charge < -0.3 is 24.6 Å².